The smallest absolute Gasteiger partial charge is 0.307 e. The zero-order valence-corrected chi connectivity index (χ0v) is 17.9. The summed E-state index contributed by atoms with van der Waals surface area (Å²) in [6.07, 6.45) is -0.865. The van der Waals surface area contributed by atoms with Gasteiger partial charge in [0.25, 0.3) is 0 Å². The standard InChI is InChI=1S/C26H25NO6/c28-23(17-16-19(25(31)32)18-24(29)30)27-33-26(20-10-4-1-5-11-20,21-12-6-2-7-13-21)22-14-8-3-9-15-22/h1-15,19H,16-18H2,(H,27,28)(H,29,30)(H,31,32). The lowest BCUT2D eigenvalue weighted by atomic mass is 9.80. The molecular formula is C26H25NO6. The second kappa shape index (κ2) is 11.1. The Morgan fingerprint density at radius 3 is 1.55 bits per heavy atom. The van der Waals surface area contributed by atoms with Gasteiger partial charge in [0.1, 0.15) is 0 Å². The van der Waals surface area contributed by atoms with Crippen molar-refractivity contribution in [2.24, 2.45) is 5.92 Å². The first kappa shape index (κ1) is 23.7. The lowest BCUT2D eigenvalue weighted by Crippen LogP contribution is -2.40. The minimum absolute atomic E-state index is 0.119. The van der Waals surface area contributed by atoms with Crippen LogP contribution in [0.2, 0.25) is 0 Å². The van der Waals surface area contributed by atoms with Crippen LogP contribution in [0, 0.1) is 5.92 Å². The molecule has 3 rings (SSSR count). The molecule has 0 radical (unpaired) electrons. The number of benzene rings is 3. The minimum Gasteiger partial charge on any atom is -0.481 e. The predicted molar refractivity (Wildman–Crippen MR) is 121 cm³/mol. The van der Waals surface area contributed by atoms with Gasteiger partial charge in [0.15, 0.2) is 5.60 Å². The Labute approximate surface area is 191 Å². The fourth-order valence-electron chi connectivity index (χ4n) is 3.71. The lowest BCUT2D eigenvalue weighted by Gasteiger charge is -2.35. The van der Waals surface area contributed by atoms with E-state index in [9.17, 15) is 19.5 Å². The van der Waals surface area contributed by atoms with E-state index >= 15 is 0 Å². The van der Waals surface area contributed by atoms with Gasteiger partial charge in [0.2, 0.25) is 5.91 Å². The Bertz CT molecular complexity index is 973. The largest absolute Gasteiger partial charge is 0.481 e. The average Bonchev–Trinajstić information content (AvgIpc) is 2.84. The molecule has 1 amide bonds. The van der Waals surface area contributed by atoms with E-state index in [1.165, 1.54) is 0 Å². The highest BCUT2D eigenvalue weighted by atomic mass is 16.7. The number of carboxylic acid groups (broad SMARTS) is 2. The third kappa shape index (κ3) is 5.84. The van der Waals surface area contributed by atoms with Crippen LogP contribution in [0.3, 0.4) is 0 Å². The molecule has 0 fully saturated rings. The van der Waals surface area contributed by atoms with E-state index in [2.05, 4.69) is 5.48 Å². The van der Waals surface area contributed by atoms with Crippen molar-refractivity contribution in [1.82, 2.24) is 5.48 Å². The Morgan fingerprint density at radius 2 is 1.18 bits per heavy atom. The molecule has 7 nitrogen and oxygen atoms in total. The fraction of sp³-hybridized carbons (Fsp3) is 0.192. The average molecular weight is 447 g/mol. The van der Waals surface area contributed by atoms with Crippen LogP contribution in [0.25, 0.3) is 0 Å². The second-order valence-electron chi connectivity index (χ2n) is 7.58. The van der Waals surface area contributed by atoms with E-state index < -0.39 is 35.8 Å². The van der Waals surface area contributed by atoms with Crippen molar-refractivity contribution >= 4 is 17.8 Å². The van der Waals surface area contributed by atoms with Crippen LogP contribution in [0.5, 0.6) is 0 Å². The number of amides is 1. The second-order valence-corrected chi connectivity index (χ2v) is 7.58. The fourth-order valence-corrected chi connectivity index (χ4v) is 3.71. The first-order chi connectivity index (χ1) is 15.9. The van der Waals surface area contributed by atoms with E-state index in [0.29, 0.717) is 0 Å². The maximum Gasteiger partial charge on any atom is 0.307 e. The number of carbonyl (C=O) groups excluding carboxylic acids is 1. The molecule has 0 aliphatic rings. The summed E-state index contributed by atoms with van der Waals surface area (Å²) < 4.78 is 0. The van der Waals surface area contributed by atoms with E-state index in [1.807, 2.05) is 91.0 Å². The topological polar surface area (TPSA) is 113 Å². The molecule has 0 bridgehead atoms. The third-order valence-corrected chi connectivity index (χ3v) is 5.35. The monoisotopic (exact) mass is 447 g/mol. The van der Waals surface area contributed by atoms with Crippen LogP contribution in [-0.2, 0) is 24.8 Å². The Balaban J connectivity index is 1.90. The van der Waals surface area contributed by atoms with Crippen LogP contribution < -0.4 is 5.48 Å². The third-order valence-electron chi connectivity index (χ3n) is 5.35. The molecule has 0 aliphatic heterocycles. The summed E-state index contributed by atoms with van der Waals surface area (Å²) in [7, 11) is 0. The van der Waals surface area contributed by atoms with Crippen molar-refractivity contribution in [3.05, 3.63) is 108 Å². The summed E-state index contributed by atoms with van der Waals surface area (Å²) >= 11 is 0. The molecule has 3 N–H and O–H groups in total. The molecule has 170 valence electrons. The molecule has 3 aromatic carbocycles. The van der Waals surface area contributed by atoms with E-state index in [4.69, 9.17) is 9.94 Å². The number of nitrogens with one attached hydrogen (secondary N) is 1. The van der Waals surface area contributed by atoms with Crippen LogP contribution in [0.4, 0.5) is 0 Å². The molecule has 7 heteroatoms. The number of aliphatic carboxylic acids is 2. The van der Waals surface area contributed by atoms with E-state index in [1.54, 1.807) is 0 Å². The van der Waals surface area contributed by atoms with Crippen LogP contribution in [0.15, 0.2) is 91.0 Å². The molecule has 33 heavy (non-hydrogen) atoms. The maximum atomic E-state index is 12.6. The molecule has 1 unspecified atom stereocenters. The summed E-state index contributed by atoms with van der Waals surface area (Å²) in [5, 5.41) is 18.1. The van der Waals surface area contributed by atoms with Crippen molar-refractivity contribution in [2.45, 2.75) is 24.9 Å². The SMILES string of the molecule is O=C(O)CC(CCC(=O)NOC(c1ccccc1)(c1ccccc1)c1ccccc1)C(=O)O. The number of carbonyl (C=O) groups is 3. The normalized spacial score (nSPS) is 12.0. The van der Waals surface area contributed by atoms with Gasteiger partial charge in [0.05, 0.1) is 12.3 Å². The molecule has 3 aromatic rings. The molecule has 0 heterocycles. The Morgan fingerprint density at radius 1 is 0.758 bits per heavy atom. The molecular weight excluding hydrogens is 422 g/mol. The number of hydrogen-bond acceptors (Lipinski definition) is 4. The zero-order valence-electron chi connectivity index (χ0n) is 17.9. The number of hydrogen-bond donors (Lipinski definition) is 3. The maximum absolute atomic E-state index is 12.6. The van der Waals surface area contributed by atoms with Gasteiger partial charge in [-0.25, -0.2) is 5.48 Å². The van der Waals surface area contributed by atoms with E-state index in [0.717, 1.165) is 16.7 Å². The highest BCUT2D eigenvalue weighted by molar-refractivity contribution is 5.79. The summed E-state index contributed by atoms with van der Waals surface area (Å²) in [6, 6.07) is 28.3. The number of rotatable bonds is 11. The Hall–Kier alpha value is -3.97. The first-order valence-corrected chi connectivity index (χ1v) is 10.5. The number of hydroxylamine groups is 1. The lowest BCUT2D eigenvalue weighted by molar-refractivity contribution is -0.150. The molecule has 0 spiro atoms. The van der Waals surface area contributed by atoms with Gasteiger partial charge in [-0.15, -0.1) is 0 Å². The van der Waals surface area contributed by atoms with Crippen molar-refractivity contribution in [3.8, 4) is 0 Å². The molecule has 0 saturated heterocycles. The van der Waals surface area contributed by atoms with Gasteiger partial charge in [-0.3, -0.25) is 19.2 Å². The highest BCUT2D eigenvalue weighted by Crippen LogP contribution is 2.39. The predicted octanol–water partition coefficient (Wildman–Crippen LogP) is 3.98. The zero-order chi connectivity index (χ0) is 23.7. The summed E-state index contributed by atoms with van der Waals surface area (Å²) in [6.45, 7) is 0. The van der Waals surface area contributed by atoms with Crippen LogP contribution in [-0.4, -0.2) is 28.1 Å². The quantitative estimate of drug-likeness (QED) is 0.303. The van der Waals surface area contributed by atoms with Crippen molar-refractivity contribution in [3.63, 3.8) is 0 Å². The summed E-state index contributed by atoms with van der Waals surface area (Å²) in [5.41, 5.74) is 3.69. The van der Waals surface area contributed by atoms with Gasteiger partial charge in [-0.2, -0.15) is 0 Å². The van der Waals surface area contributed by atoms with Crippen molar-refractivity contribution < 1.29 is 29.4 Å². The minimum atomic E-state index is -1.25. The van der Waals surface area contributed by atoms with Crippen LogP contribution in [0.1, 0.15) is 36.0 Å². The van der Waals surface area contributed by atoms with Crippen LogP contribution >= 0.6 is 0 Å². The van der Waals surface area contributed by atoms with Gasteiger partial charge >= 0.3 is 11.9 Å². The van der Waals surface area contributed by atoms with Gasteiger partial charge < -0.3 is 10.2 Å². The summed E-state index contributed by atoms with van der Waals surface area (Å²) in [4.78, 5) is 41.0. The molecule has 0 aliphatic carbocycles. The first-order valence-electron chi connectivity index (χ1n) is 10.5. The van der Waals surface area contributed by atoms with Crippen molar-refractivity contribution in [1.29, 1.82) is 0 Å². The van der Waals surface area contributed by atoms with Gasteiger partial charge in [-0.05, 0) is 23.1 Å². The molecule has 1 atom stereocenters. The van der Waals surface area contributed by atoms with Gasteiger partial charge in [-0.1, -0.05) is 91.0 Å². The van der Waals surface area contributed by atoms with Crippen molar-refractivity contribution in [2.75, 3.05) is 0 Å². The molecule has 0 saturated carbocycles. The Kier molecular flexibility index (Phi) is 7.94. The summed E-state index contributed by atoms with van der Waals surface area (Å²) in [5.74, 6) is -4.18. The number of carboxylic acids is 2. The molecule has 0 aromatic heterocycles. The highest BCUT2D eigenvalue weighted by Gasteiger charge is 2.39. The van der Waals surface area contributed by atoms with E-state index in [-0.39, 0.29) is 12.8 Å². The van der Waals surface area contributed by atoms with Gasteiger partial charge in [0, 0.05) is 6.42 Å².